The van der Waals surface area contributed by atoms with Crippen molar-refractivity contribution in [3.05, 3.63) is 54.7 Å². The van der Waals surface area contributed by atoms with E-state index in [4.69, 9.17) is 4.74 Å². The highest BCUT2D eigenvalue weighted by Gasteiger charge is 2.15. The number of rotatable bonds is 6. The number of carbonyl (C=O) groups is 1. The number of ketones is 1. The molecule has 2 aromatic carbocycles. The highest BCUT2D eigenvalue weighted by molar-refractivity contribution is 14.1. The van der Waals surface area contributed by atoms with Gasteiger partial charge >= 0.3 is 0 Å². The van der Waals surface area contributed by atoms with Crippen molar-refractivity contribution in [2.45, 2.75) is 0 Å². The molecule has 0 fully saturated rings. The van der Waals surface area contributed by atoms with Crippen LogP contribution in [0.25, 0.3) is 0 Å². The van der Waals surface area contributed by atoms with Gasteiger partial charge in [0, 0.05) is 17.7 Å². The van der Waals surface area contributed by atoms with Crippen LogP contribution in [0.2, 0.25) is 0 Å². The first-order valence-electron chi connectivity index (χ1n) is 6.99. The molecule has 0 saturated heterocycles. The Labute approximate surface area is 163 Å². The van der Waals surface area contributed by atoms with Crippen LogP contribution >= 0.6 is 45.2 Å². The summed E-state index contributed by atoms with van der Waals surface area (Å²) in [6.07, 6.45) is 0. The first kappa shape index (κ1) is 18.5. The number of aromatic hydroxyl groups is 1. The van der Waals surface area contributed by atoms with Crippen molar-refractivity contribution in [2.75, 3.05) is 27.2 Å². The zero-order valence-electron chi connectivity index (χ0n) is 12.8. The Morgan fingerprint density at radius 2 is 1.65 bits per heavy atom. The molecule has 0 amide bonds. The second-order valence-corrected chi connectivity index (χ2v) is 7.62. The van der Waals surface area contributed by atoms with Gasteiger partial charge in [-0.3, -0.25) is 4.79 Å². The number of phenolic OH excluding ortho intramolecular Hbond substituents is 1. The third-order valence-corrected chi connectivity index (χ3v) is 4.78. The molecule has 0 aromatic heterocycles. The van der Waals surface area contributed by atoms with Crippen molar-refractivity contribution >= 4 is 51.0 Å². The number of ether oxygens (including phenoxy) is 1. The lowest BCUT2D eigenvalue weighted by Crippen LogP contribution is -2.20. The molecule has 6 heteroatoms. The van der Waals surface area contributed by atoms with Crippen LogP contribution in [0.5, 0.6) is 11.5 Å². The van der Waals surface area contributed by atoms with E-state index in [0.717, 1.165) is 19.4 Å². The Morgan fingerprint density at radius 1 is 1.09 bits per heavy atom. The smallest absolute Gasteiger partial charge is 0.193 e. The summed E-state index contributed by atoms with van der Waals surface area (Å²) in [4.78, 5) is 14.6. The quantitative estimate of drug-likeness (QED) is 0.451. The molecular formula is C17H17I2NO3. The number of likely N-dealkylation sites (N-methyl/N-ethyl adjacent to an activating group) is 1. The summed E-state index contributed by atoms with van der Waals surface area (Å²) in [5.74, 6) is 0.895. The lowest BCUT2D eigenvalue weighted by atomic mass is 10.0. The van der Waals surface area contributed by atoms with Crippen LogP contribution in [0.15, 0.2) is 36.4 Å². The highest BCUT2D eigenvalue weighted by Crippen LogP contribution is 2.30. The lowest BCUT2D eigenvalue weighted by molar-refractivity contribution is 0.103. The zero-order chi connectivity index (χ0) is 17.0. The van der Waals surface area contributed by atoms with E-state index in [1.54, 1.807) is 12.1 Å². The van der Waals surface area contributed by atoms with Gasteiger partial charge in [0.1, 0.15) is 18.1 Å². The van der Waals surface area contributed by atoms with Crippen molar-refractivity contribution in [3.8, 4) is 11.5 Å². The van der Waals surface area contributed by atoms with Crippen LogP contribution < -0.4 is 4.74 Å². The molecule has 0 spiro atoms. The fraction of sp³-hybridized carbons (Fsp3) is 0.235. The minimum absolute atomic E-state index is 0.0688. The largest absolute Gasteiger partial charge is 0.508 e. The maximum atomic E-state index is 12.5. The van der Waals surface area contributed by atoms with E-state index >= 15 is 0 Å². The van der Waals surface area contributed by atoms with Crippen LogP contribution in [0.1, 0.15) is 15.9 Å². The average molecular weight is 537 g/mol. The van der Waals surface area contributed by atoms with Gasteiger partial charge in [-0.1, -0.05) is 0 Å². The van der Waals surface area contributed by atoms with Gasteiger partial charge in [-0.2, -0.15) is 0 Å². The van der Waals surface area contributed by atoms with Gasteiger partial charge in [0.2, 0.25) is 0 Å². The molecule has 4 nitrogen and oxygen atoms in total. The predicted octanol–water partition coefficient (Wildman–Crippen LogP) is 3.77. The standard InChI is InChI=1S/C17H17I2NO3/c1-20(2)7-8-23-17-14(18)9-12(10-15(17)19)16(22)11-3-5-13(21)6-4-11/h3-6,9-10,21H,7-8H2,1-2H3. The second-order valence-electron chi connectivity index (χ2n) is 5.30. The number of hydrogen-bond donors (Lipinski definition) is 1. The molecule has 0 heterocycles. The van der Waals surface area contributed by atoms with Gasteiger partial charge in [0.25, 0.3) is 0 Å². The fourth-order valence-electron chi connectivity index (χ4n) is 1.94. The molecule has 0 atom stereocenters. The topological polar surface area (TPSA) is 49.8 Å². The molecule has 2 aromatic rings. The monoisotopic (exact) mass is 537 g/mol. The average Bonchev–Trinajstić information content (AvgIpc) is 2.49. The Morgan fingerprint density at radius 3 is 2.17 bits per heavy atom. The van der Waals surface area contributed by atoms with E-state index in [-0.39, 0.29) is 11.5 Å². The van der Waals surface area contributed by atoms with Gasteiger partial charge in [-0.05, 0) is 95.7 Å². The van der Waals surface area contributed by atoms with Crippen LogP contribution in [0, 0.1) is 7.14 Å². The molecule has 0 bridgehead atoms. The molecule has 0 saturated carbocycles. The predicted molar refractivity (Wildman–Crippen MR) is 107 cm³/mol. The first-order chi connectivity index (χ1) is 10.9. The second kappa shape index (κ2) is 8.29. The van der Waals surface area contributed by atoms with Crippen LogP contribution in [-0.4, -0.2) is 43.0 Å². The molecule has 0 aliphatic heterocycles. The fourth-order valence-corrected chi connectivity index (χ4v) is 4.02. The van der Waals surface area contributed by atoms with E-state index in [9.17, 15) is 9.90 Å². The minimum Gasteiger partial charge on any atom is -0.508 e. The zero-order valence-corrected chi connectivity index (χ0v) is 17.2. The summed E-state index contributed by atoms with van der Waals surface area (Å²) in [7, 11) is 4.00. The number of nitrogens with zero attached hydrogens (tertiary/aromatic N) is 1. The summed E-state index contributed by atoms with van der Waals surface area (Å²) in [6, 6.07) is 9.95. The van der Waals surface area contributed by atoms with Crippen molar-refractivity contribution < 1.29 is 14.6 Å². The first-order valence-corrected chi connectivity index (χ1v) is 9.14. The van der Waals surface area contributed by atoms with Gasteiger partial charge in [-0.15, -0.1) is 0 Å². The van der Waals surface area contributed by atoms with Crippen LogP contribution in [0.3, 0.4) is 0 Å². The number of carbonyl (C=O) groups excluding carboxylic acids is 1. The summed E-state index contributed by atoms with van der Waals surface area (Å²) in [6.45, 7) is 1.44. The van der Waals surface area contributed by atoms with E-state index in [1.165, 1.54) is 12.1 Å². The Kier molecular flexibility index (Phi) is 6.66. The molecule has 0 radical (unpaired) electrons. The maximum Gasteiger partial charge on any atom is 0.193 e. The summed E-state index contributed by atoms with van der Waals surface area (Å²) >= 11 is 4.38. The third-order valence-electron chi connectivity index (χ3n) is 3.17. The molecule has 2 rings (SSSR count). The molecule has 0 aliphatic rings. The number of benzene rings is 2. The molecule has 0 unspecified atom stereocenters. The Hall–Kier alpha value is -0.870. The van der Waals surface area contributed by atoms with Crippen molar-refractivity contribution in [1.29, 1.82) is 0 Å². The SMILES string of the molecule is CN(C)CCOc1c(I)cc(C(=O)c2ccc(O)cc2)cc1I. The number of halogens is 2. The minimum atomic E-state index is -0.0688. The summed E-state index contributed by atoms with van der Waals surface area (Å²) in [5, 5.41) is 9.32. The summed E-state index contributed by atoms with van der Waals surface area (Å²) in [5.41, 5.74) is 1.17. The van der Waals surface area contributed by atoms with Crippen LogP contribution in [-0.2, 0) is 0 Å². The van der Waals surface area contributed by atoms with Gasteiger partial charge in [-0.25, -0.2) is 0 Å². The third kappa shape index (κ3) is 5.05. The van der Waals surface area contributed by atoms with E-state index in [1.807, 2.05) is 26.2 Å². The number of phenols is 1. The molecule has 0 aliphatic carbocycles. The van der Waals surface area contributed by atoms with Gasteiger partial charge in [0.15, 0.2) is 5.78 Å². The molecule has 122 valence electrons. The Bertz CT molecular complexity index is 676. The number of hydrogen-bond acceptors (Lipinski definition) is 4. The molecule has 1 N–H and O–H groups in total. The normalized spacial score (nSPS) is 10.8. The van der Waals surface area contributed by atoms with Crippen molar-refractivity contribution in [3.63, 3.8) is 0 Å². The van der Waals surface area contributed by atoms with E-state index < -0.39 is 0 Å². The Balaban J connectivity index is 2.21. The lowest BCUT2D eigenvalue weighted by Gasteiger charge is -2.14. The summed E-state index contributed by atoms with van der Waals surface area (Å²) < 4.78 is 7.66. The molecule has 23 heavy (non-hydrogen) atoms. The van der Waals surface area contributed by atoms with E-state index in [2.05, 4.69) is 50.1 Å². The maximum absolute atomic E-state index is 12.5. The van der Waals surface area contributed by atoms with Crippen molar-refractivity contribution in [2.24, 2.45) is 0 Å². The van der Waals surface area contributed by atoms with Crippen LogP contribution in [0.4, 0.5) is 0 Å². The van der Waals surface area contributed by atoms with E-state index in [0.29, 0.717) is 17.7 Å². The van der Waals surface area contributed by atoms with Crippen molar-refractivity contribution in [1.82, 2.24) is 4.90 Å². The molecular weight excluding hydrogens is 520 g/mol. The van der Waals surface area contributed by atoms with Gasteiger partial charge in [0.05, 0.1) is 7.14 Å². The van der Waals surface area contributed by atoms with Gasteiger partial charge < -0.3 is 14.7 Å². The highest BCUT2D eigenvalue weighted by atomic mass is 127.